The van der Waals surface area contributed by atoms with Crippen LogP contribution >= 0.6 is 24.0 Å². The minimum atomic E-state index is 0. The quantitative estimate of drug-likeness (QED) is 0.310. The molecule has 1 aromatic heterocycles. The van der Waals surface area contributed by atoms with Crippen LogP contribution in [-0.4, -0.2) is 30.6 Å². The molecule has 0 radical (unpaired) electrons. The highest BCUT2D eigenvalue weighted by Crippen LogP contribution is 2.28. The van der Waals surface area contributed by atoms with E-state index in [9.17, 15) is 0 Å². The summed E-state index contributed by atoms with van der Waals surface area (Å²) in [6.45, 7) is 5.77. The molecule has 1 saturated carbocycles. The zero-order chi connectivity index (χ0) is 15.1. The lowest BCUT2D eigenvalue weighted by Crippen LogP contribution is -2.38. The molecule has 0 saturated heterocycles. The minimum Gasteiger partial charge on any atom is -0.477 e. The number of unbranched alkanes of at least 4 members (excludes halogenated alkanes) is 1. The first kappa shape index (κ1) is 19.0. The van der Waals surface area contributed by atoms with Gasteiger partial charge in [-0.2, -0.15) is 0 Å². The summed E-state index contributed by atoms with van der Waals surface area (Å²) >= 11 is 0. The topological polar surface area (TPSA) is 58.5 Å². The Labute approximate surface area is 150 Å². The van der Waals surface area contributed by atoms with Gasteiger partial charge in [-0.3, -0.25) is 4.99 Å². The maximum atomic E-state index is 5.74. The predicted molar refractivity (Wildman–Crippen MR) is 101 cm³/mol. The van der Waals surface area contributed by atoms with Crippen LogP contribution in [0.15, 0.2) is 23.3 Å². The second-order valence-electron chi connectivity index (χ2n) is 5.56. The standard InChI is InChI=1S/C16H26N4O.HI/c1-4-5-9-21-15-13(7-6-8-18-15)11-19-16(17-3)20-14-10-12(14)2;/h6-8,12,14H,4-5,9-11H2,1-3H3,(H2,17,19,20);1H. The van der Waals surface area contributed by atoms with Crippen molar-refractivity contribution in [1.82, 2.24) is 15.6 Å². The van der Waals surface area contributed by atoms with E-state index in [1.165, 1.54) is 6.42 Å². The van der Waals surface area contributed by atoms with Crippen LogP contribution in [0, 0.1) is 5.92 Å². The molecule has 2 rings (SSSR count). The first-order valence-corrected chi connectivity index (χ1v) is 7.78. The maximum Gasteiger partial charge on any atom is 0.218 e. The molecule has 1 aromatic rings. The van der Waals surface area contributed by atoms with E-state index in [2.05, 4.69) is 34.5 Å². The van der Waals surface area contributed by atoms with Gasteiger partial charge in [0.2, 0.25) is 5.88 Å². The van der Waals surface area contributed by atoms with Gasteiger partial charge in [-0.05, 0) is 24.8 Å². The summed E-state index contributed by atoms with van der Waals surface area (Å²) in [5.41, 5.74) is 1.06. The molecule has 6 heteroatoms. The van der Waals surface area contributed by atoms with Crippen molar-refractivity contribution < 1.29 is 4.74 Å². The fourth-order valence-corrected chi connectivity index (χ4v) is 2.07. The van der Waals surface area contributed by atoms with Crippen molar-refractivity contribution in [1.29, 1.82) is 0 Å². The van der Waals surface area contributed by atoms with Gasteiger partial charge in [-0.1, -0.05) is 26.3 Å². The van der Waals surface area contributed by atoms with E-state index in [1.807, 2.05) is 12.1 Å². The van der Waals surface area contributed by atoms with Gasteiger partial charge in [0.15, 0.2) is 5.96 Å². The number of rotatable bonds is 7. The number of pyridine rings is 1. The van der Waals surface area contributed by atoms with Crippen LogP contribution in [0.5, 0.6) is 5.88 Å². The van der Waals surface area contributed by atoms with Gasteiger partial charge in [0.25, 0.3) is 0 Å². The van der Waals surface area contributed by atoms with Gasteiger partial charge in [0, 0.05) is 31.4 Å². The van der Waals surface area contributed by atoms with E-state index in [0.29, 0.717) is 25.1 Å². The third kappa shape index (κ3) is 5.98. The van der Waals surface area contributed by atoms with Gasteiger partial charge in [-0.25, -0.2) is 4.98 Å². The number of nitrogens with one attached hydrogen (secondary N) is 2. The summed E-state index contributed by atoms with van der Waals surface area (Å²) < 4.78 is 5.74. The molecule has 1 aliphatic carbocycles. The summed E-state index contributed by atoms with van der Waals surface area (Å²) in [5.74, 6) is 2.30. The fourth-order valence-electron chi connectivity index (χ4n) is 2.07. The number of guanidine groups is 1. The lowest BCUT2D eigenvalue weighted by molar-refractivity contribution is 0.294. The molecule has 124 valence electrons. The third-order valence-electron chi connectivity index (χ3n) is 3.69. The highest BCUT2D eigenvalue weighted by atomic mass is 127. The van der Waals surface area contributed by atoms with E-state index in [4.69, 9.17) is 4.74 Å². The smallest absolute Gasteiger partial charge is 0.218 e. The summed E-state index contributed by atoms with van der Waals surface area (Å²) in [4.78, 5) is 8.57. The van der Waals surface area contributed by atoms with Crippen molar-refractivity contribution in [3.63, 3.8) is 0 Å². The van der Waals surface area contributed by atoms with Gasteiger partial charge in [0.1, 0.15) is 0 Å². The molecular weight excluding hydrogens is 391 g/mol. The van der Waals surface area contributed by atoms with Crippen molar-refractivity contribution in [3.05, 3.63) is 23.9 Å². The molecule has 0 aliphatic heterocycles. The highest BCUT2D eigenvalue weighted by Gasteiger charge is 2.33. The molecule has 2 N–H and O–H groups in total. The second kappa shape index (κ2) is 9.86. The Morgan fingerprint density at radius 3 is 2.91 bits per heavy atom. The van der Waals surface area contributed by atoms with Crippen LogP contribution in [0.25, 0.3) is 0 Å². The monoisotopic (exact) mass is 418 g/mol. The molecule has 1 aliphatic rings. The van der Waals surface area contributed by atoms with Gasteiger partial charge < -0.3 is 15.4 Å². The van der Waals surface area contributed by atoms with E-state index >= 15 is 0 Å². The van der Waals surface area contributed by atoms with Crippen molar-refractivity contribution in [3.8, 4) is 5.88 Å². The number of hydrogen-bond donors (Lipinski definition) is 2. The van der Waals surface area contributed by atoms with Crippen molar-refractivity contribution in [2.45, 2.75) is 45.7 Å². The number of aromatic nitrogens is 1. The van der Waals surface area contributed by atoms with Crippen molar-refractivity contribution in [2.75, 3.05) is 13.7 Å². The minimum absolute atomic E-state index is 0. The summed E-state index contributed by atoms with van der Waals surface area (Å²) in [7, 11) is 1.80. The fraction of sp³-hybridized carbons (Fsp3) is 0.625. The van der Waals surface area contributed by atoms with Crippen LogP contribution in [0.4, 0.5) is 0 Å². The lowest BCUT2D eigenvalue weighted by Gasteiger charge is -2.13. The van der Waals surface area contributed by atoms with E-state index in [-0.39, 0.29) is 24.0 Å². The Kier molecular flexibility index (Phi) is 8.52. The Bertz CT molecular complexity index is 481. The average Bonchev–Trinajstić information content (AvgIpc) is 3.20. The SMILES string of the molecule is CCCCOc1ncccc1CNC(=NC)NC1CC1C.I. The van der Waals surface area contributed by atoms with E-state index in [0.717, 1.165) is 30.3 Å². The molecule has 5 nitrogen and oxygen atoms in total. The molecular formula is C16H27IN4O. The third-order valence-corrected chi connectivity index (χ3v) is 3.69. The number of hydrogen-bond acceptors (Lipinski definition) is 3. The first-order chi connectivity index (χ1) is 10.2. The summed E-state index contributed by atoms with van der Waals surface area (Å²) in [6.07, 6.45) is 5.16. The molecule has 0 bridgehead atoms. The first-order valence-electron chi connectivity index (χ1n) is 7.78. The number of ether oxygens (including phenoxy) is 1. The molecule has 1 fully saturated rings. The zero-order valence-electron chi connectivity index (χ0n) is 13.6. The van der Waals surface area contributed by atoms with E-state index in [1.54, 1.807) is 13.2 Å². The summed E-state index contributed by atoms with van der Waals surface area (Å²) in [5, 5.41) is 6.74. The van der Waals surface area contributed by atoms with Crippen molar-refractivity contribution >= 4 is 29.9 Å². The maximum absolute atomic E-state index is 5.74. The molecule has 22 heavy (non-hydrogen) atoms. The summed E-state index contributed by atoms with van der Waals surface area (Å²) in [6, 6.07) is 4.53. The second-order valence-corrected chi connectivity index (χ2v) is 5.56. The molecule has 0 spiro atoms. The van der Waals surface area contributed by atoms with Crippen LogP contribution in [-0.2, 0) is 6.54 Å². The highest BCUT2D eigenvalue weighted by molar-refractivity contribution is 14.0. The Morgan fingerprint density at radius 2 is 2.27 bits per heavy atom. The molecule has 1 heterocycles. The lowest BCUT2D eigenvalue weighted by atomic mass is 10.2. The van der Waals surface area contributed by atoms with E-state index < -0.39 is 0 Å². The van der Waals surface area contributed by atoms with Gasteiger partial charge >= 0.3 is 0 Å². The average molecular weight is 418 g/mol. The normalized spacial score (nSPS) is 20.0. The van der Waals surface area contributed by atoms with Crippen LogP contribution in [0.3, 0.4) is 0 Å². The number of halogens is 1. The van der Waals surface area contributed by atoms with Gasteiger partial charge in [-0.15, -0.1) is 24.0 Å². The molecule has 2 atom stereocenters. The Balaban J connectivity index is 0.00000242. The number of nitrogens with zero attached hydrogens (tertiary/aromatic N) is 2. The largest absolute Gasteiger partial charge is 0.477 e. The molecule has 2 unspecified atom stereocenters. The van der Waals surface area contributed by atoms with Crippen LogP contribution < -0.4 is 15.4 Å². The number of aliphatic imine (C=N–C) groups is 1. The molecule has 0 aromatic carbocycles. The predicted octanol–water partition coefficient (Wildman–Crippen LogP) is 2.95. The Hall–Kier alpha value is -1.05. The van der Waals surface area contributed by atoms with Crippen molar-refractivity contribution in [2.24, 2.45) is 10.9 Å². The molecule has 0 amide bonds. The van der Waals surface area contributed by atoms with Crippen LogP contribution in [0.1, 0.15) is 38.7 Å². The van der Waals surface area contributed by atoms with Crippen LogP contribution in [0.2, 0.25) is 0 Å². The Morgan fingerprint density at radius 1 is 1.50 bits per heavy atom. The zero-order valence-corrected chi connectivity index (χ0v) is 16.0. The van der Waals surface area contributed by atoms with Gasteiger partial charge in [0.05, 0.1) is 6.61 Å².